The minimum absolute atomic E-state index is 0.0561. The van der Waals surface area contributed by atoms with E-state index >= 15 is 0 Å². The molecule has 0 spiro atoms. The van der Waals surface area contributed by atoms with Crippen LogP contribution in [0.5, 0.6) is 11.6 Å². The van der Waals surface area contributed by atoms with Gasteiger partial charge in [0.25, 0.3) is 0 Å². The molecule has 0 atom stereocenters. The Morgan fingerprint density at radius 3 is 2.29 bits per heavy atom. The Hall–Kier alpha value is -3.75. The maximum absolute atomic E-state index is 11.9. The zero-order valence-electron chi connectivity index (χ0n) is 17.5. The molecule has 3 heterocycles. The normalized spacial score (nSPS) is 14.0. The van der Waals surface area contributed by atoms with E-state index in [-0.39, 0.29) is 17.4 Å². The van der Waals surface area contributed by atoms with Crippen LogP contribution in [0, 0.1) is 10.1 Å². The summed E-state index contributed by atoms with van der Waals surface area (Å²) in [6.45, 7) is 6.74. The highest BCUT2D eigenvalue weighted by Crippen LogP contribution is 2.36. The Bertz CT molecular complexity index is 1030. The summed E-state index contributed by atoms with van der Waals surface area (Å²) in [5, 5.41) is 11.9. The molecular weight excluding hydrogens is 396 g/mol. The largest absolute Gasteiger partial charge is 0.434 e. The van der Waals surface area contributed by atoms with Crippen LogP contribution in [0.3, 0.4) is 0 Å². The molecular formula is C22H24N6O3. The van der Waals surface area contributed by atoms with E-state index in [2.05, 4.69) is 33.7 Å². The van der Waals surface area contributed by atoms with Gasteiger partial charge >= 0.3 is 11.6 Å². The van der Waals surface area contributed by atoms with Crippen molar-refractivity contribution in [1.29, 1.82) is 0 Å². The molecule has 0 saturated carbocycles. The van der Waals surface area contributed by atoms with Gasteiger partial charge in [-0.1, -0.05) is 32.0 Å². The zero-order chi connectivity index (χ0) is 21.8. The van der Waals surface area contributed by atoms with Gasteiger partial charge in [0.05, 0.1) is 4.92 Å². The molecule has 0 N–H and O–H groups in total. The molecule has 1 aromatic carbocycles. The lowest BCUT2D eigenvalue weighted by Crippen LogP contribution is -2.47. The number of nitrogens with zero attached hydrogens (tertiary/aromatic N) is 6. The number of benzene rings is 1. The van der Waals surface area contributed by atoms with Crippen molar-refractivity contribution in [2.75, 3.05) is 36.0 Å². The fourth-order valence-corrected chi connectivity index (χ4v) is 3.54. The van der Waals surface area contributed by atoms with Gasteiger partial charge in [0.2, 0.25) is 5.82 Å². The average Bonchev–Trinajstić information content (AvgIpc) is 2.80. The minimum Gasteiger partial charge on any atom is -0.434 e. The molecule has 1 fully saturated rings. The molecule has 3 aromatic rings. The van der Waals surface area contributed by atoms with E-state index in [1.165, 1.54) is 6.33 Å². The average molecular weight is 420 g/mol. The van der Waals surface area contributed by atoms with Crippen LogP contribution in [-0.4, -0.2) is 46.1 Å². The SMILES string of the molecule is CC(C)c1ccc(Oc2ncnc(N3CCN(c4ccccn4)CC3)c2[N+](=O)[O-])cc1. The third kappa shape index (κ3) is 4.55. The Labute approximate surface area is 180 Å². The Kier molecular flexibility index (Phi) is 5.92. The highest BCUT2D eigenvalue weighted by atomic mass is 16.6. The predicted octanol–water partition coefficient (Wildman–Crippen LogP) is 4.02. The minimum atomic E-state index is -0.474. The van der Waals surface area contributed by atoms with Crippen molar-refractivity contribution in [3.8, 4) is 11.6 Å². The summed E-state index contributed by atoms with van der Waals surface area (Å²) >= 11 is 0. The van der Waals surface area contributed by atoms with Gasteiger partial charge in [-0.15, -0.1) is 0 Å². The van der Waals surface area contributed by atoms with Crippen LogP contribution in [0.1, 0.15) is 25.3 Å². The van der Waals surface area contributed by atoms with Crippen molar-refractivity contribution in [2.24, 2.45) is 0 Å². The first-order valence-electron chi connectivity index (χ1n) is 10.2. The number of rotatable bonds is 6. The summed E-state index contributed by atoms with van der Waals surface area (Å²) in [6.07, 6.45) is 3.07. The Balaban J connectivity index is 1.54. The number of aromatic nitrogens is 3. The lowest BCUT2D eigenvalue weighted by molar-refractivity contribution is -0.385. The van der Waals surface area contributed by atoms with Gasteiger partial charge in [0.1, 0.15) is 17.9 Å². The van der Waals surface area contributed by atoms with Crippen molar-refractivity contribution < 1.29 is 9.66 Å². The third-order valence-corrected chi connectivity index (χ3v) is 5.27. The highest BCUT2D eigenvalue weighted by molar-refractivity contribution is 5.64. The second-order valence-corrected chi connectivity index (χ2v) is 7.60. The van der Waals surface area contributed by atoms with Gasteiger partial charge < -0.3 is 14.5 Å². The van der Waals surface area contributed by atoms with E-state index in [0.29, 0.717) is 37.8 Å². The molecule has 9 nitrogen and oxygen atoms in total. The number of hydrogen-bond acceptors (Lipinski definition) is 8. The van der Waals surface area contributed by atoms with E-state index < -0.39 is 4.92 Å². The lowest BCUT2D eigenvalue weighted by atomic mass is 10.0. The highest BCUT2D eigenvalue weighted by Gasteiger charge is 2.30. The summed E-state index contributed by atoms with van der Waals surface area (Å²) < 4.78 is 5.79. The zero-order valence-corrected chi connectivity index (χ0v) is 17.5. The monoisotopic (exact) mass is 420 g/mol. The van der Waals surface area contributed by atoms with Crippen LogP contribution in [0.25, 0.3) is 0 Å². The molecule has 0 unspecified atom stereocenters. The van der Waals surface area contributed by atoms with Gasteiger partial charge in [-0.2, -0.15) is 4.98 Å². The van der Waals surface area contributed by atoms with Crippen molar-refractivity contribution in [2.45, 2.75) is 19.8 Å². The quantitative estimate of drug-likeness (QED) is 0.436. The van der Waals surface area contributed by atoms with E-state index in [0.717, 1.165) is 11.4 Å². The molecule has 0 amide bonds. The molecule has 31 heavy (non-hydrogen) atoms. The summed E-state index contributed by atoms with van der Waals surface area (Å²) in [5.74, 6) is 2.00. The molecule has 4 rings (SSSR count). The van der Waals surface area contributed by atoms with Gasteiger partial charge in [0, 0.05) is 32.4 Å². The molecule has 1 saturated heterocycles. The van der Waals surface area contributed by atoms with Gasteiger partial charge in [-0.05, 0) is 35.7 Å². The number of anilines is 2. The van der Waals surface area contributed by atoms with Crippen molar-refractivity contribution in [1.82, 2.24) is 15.0 Å². The Morgan fingerprint density at radius 1 is 0.968 bits per heavy atom. The van der Waals surface area contributed by atoms with Gasteiger partial charge in [0.15, 0.2) is 0 Å². The van der Waals surface area contributed by atoms with Crippen LogP contribution in [0.15, 0.2) is 55.0 Å². The number of piperazine rings is 1. The fraction of sp³-hybridized carbons (Fsp3) is 0.318. The van der Waals surface area contributed by atoms with Crippen LogP contribution < -0.4 is 14.5 Å². The predicted molar refractivity (Wildman–Crippen MR) is 118 cm³/mol. The van der Waals surface area contributed by atoms with E-state index in [1.54, 1.807) is 18.3 Å². The molecule has 1 aliphatic rings. The molecule has 2 aromatic heterocycles. The number of pyridine rings is 1. The lowest BCUT2D eigenvalue weighted by Gasteiger charge is -2.35. The number of ether oxygens (including phenoxy) is 1. The van der Waals surface area contributed by atoms with Crippen LogP contribution >= 0.6 is 0 Å². The van der Waals surface area contributed by atoms with Crippen LogP contribution in [0.2, 0.25) is 0 Å². The van der Waals surface area contributed by atoms with E-state index in [9.17, 15) is 10.1 Å². The molecule has 160 valence electrons. The maximum atomic E-state index is 11.9. The summed E-state index contributed by atoms with van der Waals surface area (Å²) in [7, 11) is 0. The van der Waals surface area contributed by atoms with E-state index in [4.69, 9.17) is 4.74 Å². The summed E-state index contributed by atoms with van der Waals surface area (Å²) in [5.41, 5.74) is 0.942. The summed E-state index contributed by atoms with van der Waals surface area (Å²) in [6, 6.07) is 13.3. The van der Waals surface area contributed by atoms with E-state index in [1.807, 2.05) is 35.2 Å². The van der Waals surface area contributed by atoms with Crippen molar-refractivity contribution in [3.63, 3.8) is 0 Å². The fourth-order valence-electron chi connectivity index (χ4n) is 3.54. The molecule has 0 bridgehead atoms. The Morgan fingerprint density at radius 2 is 1.68 bits per heavy atom. The maximum Gasteiger partial charge on any atom is 0.373 e. The van der Waals surface area contributed by atoms with Crippen LogP contribution in [-0.2, 0) is 0 Å². The standard InChI is InChI=1S/C22H24N6O3/c1-16(2)17-6-8-18(9-7-17)31-22-20(28(29)30)21(24-15-25-22)27-13-11-26(12-14-27)19-5-3-4-10-23-19/h3-10,15-16H,11-14H2,1-2H3. The van der Waals surface area contributed by atoms with Crippen molar-refractivity contribution >= 4 is 17.3 Å². The van der Waals surface area contributed by atoms with Crippen LogP contribution in [0.4, 0.5) is 17.3 Å². The smallest absolute Gasteiger partial charge is 0.373 e. The molecule has 0 radical (unpaired) electrons. The van der Waals surface area contributed by atoms with Gasteiger partial charge in [-0.3, -0.25) is 10.1 Å². The van der Waals surface area contributed by atoms with Gasteiger partial charge in [-0.25, -0.2) is 9.97 Å². The second kappa shape index (κ2) is 8.95. The third-order valence-electron chi connectivity index (χ3n) is 5.27. The first-order valence-corrected chi connectivity index (χ1v) is 10.2. The first-order chi connectivity index (χ1) is 15.0. The second-order valence-electron chi connectivity index (χ2n) is 7.60. The summed E-state index contributed by atoms with van der Waals surface area (Å²) in [4.78, 5) is 28.1. The molecule has 0 aliphatic carbocycles. The molecule has 9 heteroatoms. The molecule has 1 aliphatic heterocycles. The van der Waals surface area contributed by atoms with Crippen molar-refractivity contribution in [3.05, 3.63) is 70.7 Å². The first kappa shape index (κ1) is 20.5. The number of hydrogen-bond donors (Lipinski definition) is 0. The topological polar surface area (TPSA) is 97.5 Å². The number of nitro groups is 1.